The van der Waals surface area contributed by atoms with E-state index < -0.39 is 0 Å². The van der Waals surface area contributed by atoms with Crippen LogP contribution in [-0.2, 0) is 13.0 Å². The Balaban J connectivity index is 1.97. The van der Waals surface area contributed by atoms with E-state index in [-0.39, 0.29) is 0 Å². The molecule has 2 N–H and O–H groups in total. The van der Waals surface area contributed by atoms with Crippen LogP contribution in [0.5, 0.6) is 0 Å². The molecule has 2 nitrogen and oxygen atoms in total. The number of aromatic nitrogens is 1. The Morgan fingerprint density at radius 1 is 1.05 bits per heavy atom. The summed E-state index contributed by atoms with van der Waals surface area (Å²) in [4.78, 5) is 0.450. The molecule has 21 heavy (non-hydrogen) atoms. The maximum absolute atomic E-state index is 5.80. The zero-order valence-corrected chi connectivity index (χ0v) is 12.9. The molecule has 0 aliphatic rings. The fourth-order valence-electron chi connectivity index (χ4n) is 2.65. The lowest BCUT2D eigenvalue weighted by Gasteiger charge is -2.08. The van der Waals surface area contributed by atoms with E-state index in [0.29, 0.717) is 4.99 Å². The van der Waals surface area contributed by atoms with Crippen LogP contribution in [0.15, 0.2) is 54.7 Å². The second kappa shape index (κ2) is 5.70. The van der Waals surface area contributed by atoms with Gasteiger partial charge in [-0.1, -0.05) is 55.5 Å². The predicted molar refractivity (Wildman–Crippen MR) is 92.7 cm³/mol. The molecule has 0 spiro atoms. The molecule has 0 aliphatic heterocycles. The first-order valence-corrected chi connectivity index (χ1v) is 7.55. The highest BCUT2D eigenvalue weighted by Crippen LogP contribution is 2.21. The maximum atomic E-state index is 5.80. The van der Waals surface area contributed by atoms with Crippen LogP contribution < -0.4 is 5.73 Å². The van der Waals surface area contributed by atoms with Gasteiger partial charge in [0.15, 0.2) is 0 Å². The van der Waals surface area contributed by atoms with Gasteiger partial charge in [0, 0.05) is 29.2 Å². The average Bonchev–Trinajstić information content (AvgIpc) is 2.91. The topological polar surface area (TPSA) is 30.9 Å². The number of hydrogen-bond donors (Lipinski definition) is 1. The zero-order chi connectivity index (χ0) is 14.8. The van der Waals surface area contributed by atoms with Crippen molar-refractivity contribution in [1.82, 2.24) is 4.57 Å². The van der Waals surface area contributed by atoms with Crippen LogP contribution in [0.2, 0.25) is 0 Å². The molecule has 0 bridgehead atoms. The Morgan fingerprint density at radius 3 is 2.43 bits per heavy atom. The molecule has 2 aromatic carbocycles. The number of aryl methyl sites for hydroxylation is 1. The standard InChI is InChI=1S/C18H18N2S/c1-2-13-6-8-14(9-7-13)12-20-11-10-15-16(18(19)21)4-3-5-17(15)20/h3-11H,2,12H2,1H3,(H2,19,21). The highest BCUT2D eigenvalue weighted by atomic mass is 32.1. The number of thiocarbonyl (C=S) groups is 1. The lowest BCUT2D eigenvalue weighted by Crippen LogP contribution is -2.09. The van der Waals surface area contributed by atoms with Gasteiger partial charge in [-0.25, -0.2) is 0 Å². The van der Waals surface area contributed by atoms with Crippen molar-refractivity contribution in [2.45, 2.75) is 19.9 Å². The predicted octanol–water partition coefficient (Wildman–Crippen LogP) is 3.89. The van der Waals surface area contributed by atoms with E-state index in [4.69, 9.17) is 18.0 Å². The second-order valence-corrected chi connectivity index (χ2v) is 5.66. The lowest BCUT2D eigenvalue weighted by atomic mass is 10.1. The molecule has 0 saturated heterocycles. The van der Waals surface area contributed by atoms with Gasteiger partial charge < -0.3 is 10.3 Å². The third-order valence-corrected chi connectivity index (χ3v) is 4.08. The SMILES string of the molecule is CCc1ccc(Cn2ccc3c(C(N)=S)cccc32)cc1. The fourth-order valence-corrected chi connectivity index (χ4v) is 2.83. The molecule has 3 heteroatoms. The fraction of sp³-hybridized carbons (Fsp3) is 0.167. The quantitative estimate of drug-likeness (QED) is 0.740. The molecule has 0 aliphatic carbocycles. The van der Waals surface area contributed by atoms with Crippen LogP contribution in [-0.4, -0.2) is 9.56 Å². The van der Waals surface area contributed by atoms with Crippen molar-refractivity contribution in [3.05, 3.63) is 71.4 Å². The van der Waals surface area contributed by atoms with Gasteiger partial charge in [-0.15, -0.1) is 0 Å². The van der Waals surface area contributed by atoms with Gasteiger partial charge in [0.25, 0.3) is 0 Å². The summed E-state index contributed by atoms with van der Waals surface area (Å²) in [5, 5.41) is 1.12. The monoisotopic (exact) mass is 294 g/mol. The van der Waals surface area contributed by atoms with Crippen molar-refractivity contribution in [1.29, 1.82) is 0 Å². The first-order chi connectivity index (χ1) is 10.2. The summed E-state index contributed by atoms with van der Waals surface area (Å²) >= 11 is 5.12. The van der Waals surface area contributed by atoms with E-state index in [0.717, 1.165) is 23.9 Å². The lowest BCUT2D eigenvalue weighted by molar-refractivity contribution is 0.836. The summed E-state index contributed by atoms with van der Waals surface area (Å²) in [6, 6.07) is 17.0. The first kappa shape index (κ1) is 13.8. The molecule has 0 saturated carbocycles. The molecule has 0 fully saturated rings. The summed E-state index contributed by atoms with van der Waals surface area (Å²) in [5.41, 5.74) is 10.6. The smallest absolute Gasteiger partial charge is 0.104 e. The summed E-state index contributed by atoms with van der Waals surface area (Å²) in [6.07, 6.45) is 3.17. The van der Waals surface area contributed by atoms with Crippen molar-refractivity contribution >= 4 is 28.1 Å². The minimum Gasteiger partial charge on any atom is -0.389 e. The number of nitrogens with two attached hydrogens (primary N) is 1. The van der Waals surface area contributed by atoms with Crippen LogP contribution in [0, 0.1) is 0 Å². The van der Waals surface area contributed by atoms with Gasteiger partial charge in [-0.05, 0) is 29.7 Å². The van der Waals surface area contributed by atoms with E-state index in [1.165, 1.54) is 16.6 Å². The van der Waals surface area contributed by atoms with Gasteiger partial charge >= 0.3 is 0 Å². The van der Waals surface area contributed by atoms with Crippen molar-refractivity contribution in [2.75, 3.05) is 0 Å². The van der Waals surface area contributed by atoms with Gasteiger partial charge in [-0.2, -0.15) is 0 Å². The van der Waals surface area contributed by atoms with Crippen molar-refractivity contribution in [3.8, 4) is 0 Å². The van der Waals surface area contributed by atoms with Crippen LogP contribution in [0.3, 0.4) is 0 Å². The number of fused-ring (bicyclic) bond motifs is 1. The van der Waals surface area contributed by atoms with Crippen molar-refractivity contribution in [3.63, 3.8) is 0 Å². The minimum atomic E-state index is 0.450. The van der Waals surface area contributed by atoms with Crippen LogP contribution in [0.1, 0.15) is 23.6 Å². The van der Waals surface area contributed by atoms with Gasteiger partial charge in [0.05, 0.1) is 0 Å². The Labute approximate surface area is 130 Å². The second-order valence-electron chi connectivity index (χ2n) is 5.22. The van der Waals surface area contributed by atoms with E-state index in [1.54, 1.807) is 0 Å². The Kier molecular flexibility index (Phi) is 3.76. The zero-order valence-electron chi connectivity index (χ0n) is 12.0. The molecule has 3 rings (SSSR count). The highest BCUT2D eigenvalue weighted by molar-refractivity contribution is 7.80. The Hall–Kier alpha value is -2.13. The largest absolute Gasteiger partial charge is 0.389 e. The third kappa shape index (κ3) is 2.69. The molecule has 1 heterocycles. The summed E-state index contributed by atoms with van der Waals surface area (Å²) < 4.78 is 2.23. The van der Waals surface area contributed by atoms with Crippen LogP contribution in [0.4, 0.5) is 0 Å². The van der Waals surface area contributed by atoms with Gasteiger partial charge in [-0.3, -0.25) is 0 Å². The summed E-state index contributed by atoms with van der Waals surface area (Å²) in [7, 11) is 0. The molecular weight excluding hydrogens is 276 g/mol. The van der Waals surface area contributed by atoms with E-state index >= 15 is 0 Å². The molecule has 1 aromatic heterocycles. The number of rotatable bonds is 4. The average molecular weight is 294 g/mol. The molecule has 3 aromatic rings. The Morgan fingerprint density at radius 2 is 1.76 bits per heavy atom. The van der Waals surface area contributed by atoms with Crippen LogP contribution in [0.25, 0.3) is 10.9 Å². The summed E-state index contributed by atoms with van der Waals surface area (Å²) in [5.74, 6) is 0. The van der Waals surface area contributed by atoms with E-state index in [9.17, 15) is 0 Å². The molecule has 0 atom stereocenters. The number of hydrogen-bond acceptors (Lipinski definition) is 1. The van der Waals surface area contributed by atoms with E-state index in [1.807, 2.05) is 12.1 Å². The van der Waals surface area contributed by atoms with E-state index in [2.05, 4.69) is 54.1 Å². The minimum absolute atomic E-state index is 0.450. The van der Waals surface area contributed by atoms with Crippen LogP contribution >= 0.6 is 12.2 Å². The van der Waals surface area contributed by atoms with Crippen molar-refractivity contribution in [2.24, 2.45) is 5.73 Å². The van der Waals surface area contributed by atoms with Gasteiger partial charge in [0.2, 0.25) is 0 Å². The third-order valence-electron chi connectivity index (χ3n) is 3.86. The first-order valence-electron chi connectivity index (χ1n) is 7.14. The molecular formula is C18H18N2S. The molecule has 106 valence electrons. The summed E-state index contributed by atoms with van der Waals surface area (Å²) in [6.45, 7) is 3.03. The highest BCUT2D eigenvalue weighted by Gasteiger charge is 2.07. The molecule has 0 unspecified atom stereocenters. The molecule has 0 radical (unpaired) electrons. The normalized spacial score (nSPS) is 10.9. The van der Waals surface area contributed by atoms with Crippen molar-refractivity contribution < 1.29 is 0 Å². The Bertz CT molecular complexity index is 785. The molecule has 0 amide bonds. The number of nitrogens with zero attached hydrogens (tertiary/aromatic N) is 1. The maximum Gasteiger partial charge on any atom is 0.104 e. The van der Waals surface area contributed by atoms with Gasteiger partial charge in [0.1, 0.15) is 4.99 Å². The number of benzene rings is 2.